The van der Waals surface area contributed by atoms with Gasteiger partial charge in [-0.05, 0) is 19.1 Å². The van der Waals surface area contributed by atoms with Gasteiger partial charge in [0.05, 0.1) is 6.54 Å². The summed E-state index contributed by atoms with van der Waals surface area (Å²) in [5, 5.41) is 3.04. The molecule has 0 aliphatic carbocycles. The van der Waals surface area contributed by atoms with E-state index in [4.69, 9.17) is 18.0 Å². The van der Waals surface area contributed by atoms with Gasteiger partial charge < -0.3 is 5.32 Å². The van der Waals surface area contributed by atoms with Crippen LogP contribution in [0.2, 0.25) is 0 Å². The average molecular weight is 210 g/mol. The van der Waals surface area contributed by atoms with Crippen molar-refractivity contribution in [2.75, 3.05) is 6.54 Å². The van der Waals surface area contributed by atoms with E-state index in [0.29, 0.717) is 10.6 Å². The molecule has 0 rings (SSSR count). The number of carbonyl (C=O) groups excluding carboxylic acids is 1. The molecule has 0 bridgehead atoms. The van der Waals surface area contributed by atoms with Crippen LogP contribution in [-0.2, 0) is 4.79 Å². The summed E-state index contributed by atoms with van der Waals surface area (Å²) >= 11 is 5.69. The summed E-state index contributed by atoms with van der Waals surface area (Å²) in [7, 11) is 0. The van der Waals surface area contributed by atoms with Crippen molar-refractivity contribution in [1.82, 2.24) is 5.32 Å². The zero-order valence-electron chi connectivity index (χ0n) is 8.01. The number of hydrogen-bond acceptors (Lipinski definition) is 1. The van der Waals surface area contributed by atoms with Gasteiger partial charge in [0, 0.05) is 10.6 Å². The Hall–Kier alpha value is -1.46. The number of nitrogens with one attached hydrogen (secondary N) is 1. The van der Waals surface area contributed by atoms with E-state index in [1.54, 1.807) is 19.1 Å². The van der Waals surface area contributed by atoms with Crippen molar-refractivity contribution in [3.8, 4) is 12.3 Å². The number of halogens is 1. The average Bonchev–Trinajstić information content (AvgIpc) is 2.21. The Morgan fingerprint density at radius 3 is 2.79 bits per heavy atom. The van der Waals surface area contributed by atoms with Gasteiger partial charge in [0.2, 0.25) is 0 Å². The fraction of sp³-hybridized carbons (Fsp3) is 0.182. The van der Waals surface area contributed by atoms with Gasteiger partial charge in [0.15, 0.2) is 0 Å². The number of amides is 1. The molecule has 3 heteroatoms. The molecule has 0 aromatic rings. The molecule has 0 aromatic carbocycles. The van der Waals surface area contributed by atoms with Gasteiger partial charge in [-0.1, -0.05) is 30.2 Å². The van der Waals surface area contributed by atoms with E-state index in [1.807, 2.05) is 0 Å². The van der Waals surface area contributed by atoms with Crippen molar-refractivity contribution in [2.45, 2.75) is 6.92 Å². The normalized spacial score (nSPS) is 11.1. The first-order chi connectivity index (χ1) is 6.61. The highest BCUT2D eigenvalue weighted by Gasteiger charge is 2.00. The molecule has 74 valence electrons. The molecule has 0 unspecified atom stereocenters. The van der Waals surface area contributed by atoms with Crippen LogP contribution in [0.5, 0.6) is 0 Å². The van der Waals surface area contributed by atoms with Crippen LogP contribution in [0.15, 0.2) is 35.4 Å². The molecule has 1 amide bonds. The SMILES string of the molecule is C#CCNC(=O)C(=C)/C=C\C(Cl)=C/C. The lowest BCUT2D eigenvalue weighted by molar-refractivity contribution is -0.116. The van der Waals surface area contributed by atoms with E-state index in [9.17, 15) is 4.79 Å². The molecule has 0 atom stereocenters. The maximum atomic E-state index is 11.2. The molecule has 0 heterocycles. The van der Waals surface area contributed by atoms with E-state index < -0.39 is 0 Å². The van der Waals surface area contributed by atoms with Crippen molar-refractivity contribution < 1.29 is 4.79 Å². The van der Waals surface area contributed by atoms with Crippen LogP contribution in [0, 0.1) is 12.3 Å². The molecular formula is C11H12ClNO. The monoisotopic (exact) mass is 209 g/mol. The lowest BCUT2D eigenvalue weighted by Gasteiger charge is -1.99. The van der Waals surface area contributed by atoms with E-state index >= 15 is 0 Å². The highest BCUT2D eigenvalue weighted by atomic mass is 35.5. The van der Waals surface area contributed by atoms with Gasteiger partial charge in [-0.3, -0.25) is 4.79 Å². The maximum absolute atomic E-state index is 11.2. The first-order valence-electron chi connectivity index (χ1n) is 4.02. The Kier molecular flexibility index (Phi) is 6.26. The second kappa shape index (κ2) is 6.99. The lowest BCUT2D eigenvalue weighted by Crippen LogP contribution is -2.23. The van der Waals surface area contributed by atoms with Gasteiger partial charge in [0.1, 0.15) is 0 Å². The zero-order chi connectivity index (χ0) is 11.0. The molecule has 0 aliphatic heterocycles. The van der Waals surface area contributed by atoms with Crippen molar-refractivity contribution >= 4 is 17.5 Å². The fourth-order valence-electron chi connectivity index (χ4n) is 0.597. The zero-order valence-corrected chi connectivity index (χ0v) is 8.77. The van der Waals surface area contributed by atoms with Gasteiger partial charge in [0.25, 0.3) is 5.91 Å². The molecule has 0 saturated heterocycles. The van der Waals surface area contributed by atoms with Gasteiger partial charge in [-0.2, -0.15) is 0 Å². The van der Waals surface area contributed by atoms with E-state index in [2.05, 4.69) is 17.8 Å². The molecular weight excluding hydrogens is 198 g/mol. The Balaban J connectivity index is 4.16. The van der Waals surface area contributed by atoms with Crippen molar-refractivity contribution in [3.05, 3.63) is 35.4 Å². The third-order valence-electron chi connectivity index (χ3n) is 1.36. The summed E-state index contributed by atoms with van der Waals surface area (Å²) < 4.78 is 0. The Labute approximate surface area is 89.3 Å². The largest absolute Gasteiger partial charge is 0.341 e. The number of carbonyl (C=O) groups is 1. The molecule has 0 spiro atoms. The van der Waals surface area contributed by atoms with Crippen molar-refractivity contribution in [1.29, 1.82) is 0 Å². The number of terminal acetylenes is 1. The number of rotatable bonds is 4. The smallest absolute Gasteiger partial charge is 0.251 e. The standard InChI is InChI=1S/C11H12ClNO/c1-4-8-13-11(14)9(3)6-7-10(12)5-2/h1,5-7H,3,8H2,2H3,(H,13,14)/b7-6-,10-5+. The van der Waals surface area contributed by atoms with Crippen LogP contribution < -0.4 is 5.32 Å². The molecule has 0 radical (unpaired) electrons. The van der Waals surface area contributed by atoms with Gasteiger partial charge in [-0.25, -0.2) is 0 Å². The molecule has 2 nitrogen and oxygen atoms in total. The topological polar surface area (TPSA) is 29.1 Å². The third-order valence-corrected chi connectivity index (χ3v) is 1.71. The summed E-state index contributed by atoms with van der Waals surface area (Å²) in [6.07, 6.45) is 9.82. The first kappa shape index (κ1) is 12.5. The Morgan fingerprint density at radius 1 is 1.64 bits per heavy atom. The minimum atomic E-state index is -0.292. The molecule has 0 aliphatic rings. The molecule has 14 heavy (non-hydrogen) atoms. The van der Waals surface area contributed by atoms with Crippen molar-refractivity contribution in [2.24, 2.45) is 0 Å². The lowest BCUT2D eigenvalue weighted by atomic mass is 10.2. The summed E-state index contributed by atoms with van der Waals surface area (Å²) in [5.74, 6) is 2.00. The highest BCUT2D eigenvalue weighted by Crippen LogP contribution is 2.04. The highest BCUT2D eigenvalue weighted by molar-refractivity contribution is 6.31. The Bertz CT molecular complexity index is 321. The van der Waals surface area contributed by atoms with Crippen LogP contribution in [0.3, 0.4) is 0 Å². The fourth-order valence-corrected chi connectivity index (χ4v) is 0.660. The summed E-state index contributed by atoms with van der Waals surface area (Å²) in [4.78, 5) is 11.2. The van der Waals surface area contributed by atoms with Crippen LogP contribution in [-0.4, -0.2) is 12.5 Å². The first-order valence-corrected chi connectivity index (χ1v) is 4.40. The van der Waals surface area contributed by atoms with E-state index in [1.165, 1.54) is 6.08 Å². The second-order valence-electron chi connectivity index (χ2n) is 2.42. The minimum Gasteiger partial charge on any atom is -0.341 e. The summed E-state index contributed by atoms with van der Waals surface area (Å²) in [5.41, 5.74) is 0.320. The van der Waals surface area contributed by atoms with E-state index in [0.717, 1.165) is 0 Å². The maximum Gasteiger partial charge on any atom is 0.251 e. The predicted molar refractivity (Wildman–Crippen MR) is 59.7 cm³/mol. The van der Waals surface area contributed by atoms with Gasteiger partial charge in [-0.15, -0.1) is 6.42 Å². The predicted octanol–water partition coefficient (Wildman–Crippen LogP) is 1.99. The summed E-state index contributed by atoms with van der Waals surface area (Å²) in [6, 6.07) is 0. The molecule has 0 aromatic heterocycles. The number of allylic oxidation sites excluding steroid dienone is 3. The van der Waals surface area contributed by atoms with Crippen LogP contribution in [0.4, 0.5) is 0 Å². The Morgan fingerprint density at radius 2 is 2.29 bits per heavy atom. The van der Waals surface area contributed by atoms with E-state index in [-0.39, 0.29) is 12.5 Å². The molecule has 1 N–H and O–H groups in total. The van der Waals surface area contributed by atoms with Crippen molar-refractivity contribution in [3.63, 3.8) is 0 Å². The quantitative estimate of drug-likeness (QED) is 0.428. The minimum absolute atomic E-state index is 0.197. The number of hydrogen-bond donors (Lipinski definition) is 1. The van der Waals surface area contributed by atoms with Gasteiger partial charge >= 0.3 is 0 Å². The van der Waals surface area contributed by atoms with Crippen LogP contribution in [0.25, 0.3) is 0 Å². The molecule has 0 saturated carbocycles. The van der Waals surface area contributed by atoms with Crippen LogP contribution in [0.1, 0.15) is 6.92 Å². The third kappa shape index (κ3) is 5.23. The summed E-state index contributed by atoms with van der Waals surface area (Å²) in [6.45, 7) is 5.56. The molecule has 0 fully saturated rings. The second-order valence-corrected chi connectivity index (χ2v) is 2.86. The van der Waals surface area contributed by atoms with Crippen LogP contribution >= 0.6 is 11.6 Å².